The molecule has 3 aliphatic carbocycles. The molecule has 3 aliphatic rings. The van der Waals surface area contributed by atoms with Crippen molar-refractivity contribution in [3.8, 4) is 0 Å². The van der Waals surface area contributed by atoms with Gasteiger partial charge in [-0.15, -0.1) is 13.2 Å². The second kappa shape index (κ2) is 12.6. The minimum Gasteiger partial charge on any atom is -0.106 e. The first kappa shape index (κ1) is 28.0. The van der Waals surface area contributed by atoms with Crippen LogP contribution in [0.25, 0.3) is 0 Å². The van der Waals surface area contributed by atoms with Crippen molar-refractivity contribution in [2.75, 3.05) is 0 Å². The van der Waals surface area contributed by atoms with Gasteiger partial charge in [0.2, 0.25) is 0 Å². The van der Waals surface area contributed by atoms with E-state index in [-0.39, 0.29) is 14.9 Å². The van der Waals surface area contributed by atoms with Gasteiger partial charge in [-0.05, 0) is 85.7 Å². The van der Waals surface area contributed by atoms with E-state index in [1.165, 1.54) is 63.4 Å². The first-order chi connectivity index (χ1) is 13.0. The molecule has 0 saturated heterocycles. The maximum absolute atomic E-state index is 3.00. The summed E-state index contributed by atoms with van der Waals surface area (Å²) < 4.78 is 0. The molecule has 0 radical (unpaired) electrons. The summed E-state index contributed by atoms with van der Waals surface area (Å²) in [5.74, 6) is 3.87. The molecule has 0 spiro atoms. The molecule has 1 aromatic carbocycles. The molecule has 0 N–H and O–H groups in total. The average Bonchev–Trinajstić information content (AvgIpc) is 3.05. The van der Waals surface area contributed by atoms with Crippen molar-refractivity contribution in [1.82, 2.24) is 0 Å². The van der Waals surface area contributed by atoms with Gasteiger partial charge in [-0.2, -0.15) is 0 Å². The molecule has 0 heteroatoms. The summed E-state index contributed by atoms with van der Waals surface area (Å²) in [6.07, 6.45) is 12.8. The molecule has 29 heavy (non-hydrogen) atoms. The van der Waals surface area contributed by atoms with Gasteiger partial charge < -0.3 is 0 Å². The van der Waals surface area contributed by atoms with Crippen LogP contribution in [0.15, 0.2) is 31.4 Å². The first-order valence-corrected chi connectivity index (χ1v) is 11.6. The highest BCUT2D eigenvalue weighted by molar-refractivity contribution is 5.37. The molecule has 0 bridgehead atoms. The van der Waals surface area contributed by atoms with Crippen LogP contribution < -0.4 is 0 Å². The van der Waals surface area contributed by atoms with Crippen molar-refractivity contribution >= 4 is 0 Å². The highest BCUT2D eigenvalue weighted by Gasteiger charge is 2.53. The molecule has 0 aliphatic heterocycles. The fourth-order valence-electron chi connectivity index (χ4n) is 6.49. The molecule has 0 aromatic heterocycles. The molecule has 4 rings (SSSR count). The lowest BCUT2D eigenvalue weighted by atomic mass is 9.54. The van der Waals surface area contributed by atoms with Gasteiger partial charge in [0.05, 0.1) is 0 Å². The van der Waals surface area contributed by atoms with Crippen LogP contribution >= 0.6 is 0 Å². The summed E-state index contributed by atoms with van der Waals surface area (Å²) >= 11 is 0. The zero-order valence-electron chi connectivity index (χ0n) is 18.8. The predicted molar refractivity (Wildman–Crippen MR) is 135 cm³/mol. The van der Waals surface area contributed by atoms with Crippen LogP contribution in [0, 0.1) is 30.1 Å². The Bertz CT molecular complexity index is 584. The van der Waals surface area contributed by atoms with Crippen LogP contribution in [0.5, 0.6) is 0 Å². The van der Waals surface area contributed by atoms with E-state index in [4.69, 9.17) is 0 Å². The van der Waals surface area contributed by atoms with Gasteiger partial charge in [-0.3, -0.25) is 0 Å². The summed E-state index contributed by atoms with van der Waals surface area (Å²) in [6.45, 7) is 17.7. The Hall–Kier alpha value is -1.04. The Balaban J connectivity index is 0.000000884. The van der Waals surface area contributed by atoms with Crippen molar-refractivity contribution < 1.29 is 0 Å². The number of benzene rings is 1. The molecule has 168 valence electrons. The molecule has 1 aromatic rings. The Morgan fingerprint density at radius 2 is 1.62 bits per heavy atom. The van der Waals surface area contributed by atoms with E-state index >= 15 is 0 Å². The summed E-state index contributed by atoms with van der Waals surface area (Å²) in [4.78, 5) is 0. The second-order valence-electron chi connectivity index (χ2n) is 9.34. The lowest BCUT2D eigenvalue weighted by Crippen LogP contribution is -2.42. The summed E-state index contributed by atoms with van der Waals surface area (Å²) in [6, 6.07) is 7.28. The maximum atomic E-state index is 3.00. The summed E-state index contributed by atoms with van der Waals surface area (Å²) in [5.41, 5.74) is 5.50. The average molecular weight is 401 g/mol. The van der Waals surface area contributed by atoms with E-state index in [1.807, 2.05) is 0 Å². The zero-order valence-corrected chi connectivity index (χ0v) is 18.8. The Labute approximate surface area is 184 Å². The lowest BCUT2D eigenvalue weighted by Gasteiger charge is -2.51. The highest BCUT2D eigenvalue weighted by atomic mass is 14.6. The number of hydrogen-bond donors (Lipinski definition) is 0. The number of rotatable bonds is 2. The largest absolute Gasteiger partial charge is 0.106 e. The Morgan fingerprint density at radius 1 is 0.966 bits per heavy atom. The fraction of sp³-hybridized carbons (Fsp3) is 0.724. The van der Waals surface area contributed by atoms with Crippen molar-refractivity contribution in [2.45, 2.75) is 113 Å². The fourth-order valence-corrected chi connectivity index (χ4v) is 6.49. The van der Waals surface area contributed by atoms with Gasteiger partial charge in [-0.25, -0.2) is 0 Å². The van der Waals surface area contributed by atoms with E-state index in [1.54, 1.807) is 11.1 Å². The van der Waals surface area contributed by atoms with E-state index in [9.17, 15) is 0 Å². The molecule has 0 nitrogen and oxygen atoms in total. The number of fused-ring (bicyclic) bond motifs is 5. The quantitative estimate of drug-likeness (QED) is 0.433. The third-order valence-corrected chi connectivity index (χ3v) is 8.07. The van der Waals surface area contributed by atoms with Crippen LogP contribution in [0.4, 0.5) is 0 Å². The molecule has 5 unspecified atom stereocenters. The maximum Gasteiger partial charge on any atom is -0.0128 e. The van der Waals surface area contributed by atoms with Gasteiger partial charge >= 0.3 is 0 Å². The molecule has 2 fully saturated rings. The van der Waals surface area contributed by atoms with Gasteiger partial charge in [0.25, 0.3) is 0 Å². The Morgan fingerprint density at radius 3 is 2.21 bits per heavy atom. The topological polar surface area (TPSA) is 0 Å². The van der Waals surface area contributed by atoms with Crippen LogP contribution in [0.3, 0.4) is 0 Å². The number of aryl methyl sites for hydroxylation is 2. The lowest BCUT2D eigenvalue weighted by molar-refractivity contribution is 0.0273. The minimum atomic E-state index is 0. The number of hydrogen-bond acceptors (Lipinski definition) is 0. The molecule has 5 atom stereocenters. The van der Waals surface area contributed by atoms with Crippen molar-refractivity contribution in [1.29, 1.82) is 0 Å². The van der Waals surface area contributed by atoms with Crippen LogP contribution in [0.1, 0.15) is 117 Å². The minimum absolute atomic E-state index is 0. The summed E-state index contributed by atoms with van der Waals surface area (Å²) in [7, 11) is 0. The van der Waals surface area contributed by atoms with Gasteiger partial charge in [-0.1, -0.05) is 85.6 Å². The number of unbranched alkanes of at least 4 members (excludes halogenated alkanes) is 1. The van der Waals surface area contributed by atoms with Crippen molar-refractivity contribution in [3.63, 3.8) is 0 Å². The van der Waals surface area contributed by atoms with Gasteiger partial charge in [0, 0.05) is 0 Å². The SMILES string of the molecule is C.C.C=C.CCC1CCC2C3CCc4cc(C)ccc4C3CCC12C.CCCC. The molecule has 2 saturated carbocycles. The third-order valence-electron chi connectivity index (χ3n) is 8.07. The monoisotopic (exact) mass is 400 g/mol. The molecule has 0 amide bonds. The van der Waals surface area contributed by atoms with Gasteiger partial charge in [0.1, 0.15) is 0 Å². The zero-order chi connectivity index (χ0) is 20.0. The molecular formula is C29H52. The predicted octanol–water partition coefficient (Wildman–Crippen LogP) is 9.76. The first-order valence-electron chi connectivity index (χ1n) is 11.6. The second-order valence-corrected chi connectivity index (χ2v) is 9.34. The smallest absolute Gasteiger partial charge is 0.0128 e. The van der Waals surface area contributed by atoms with E-state index in [2.05, 4.69) is 66.0 Å². The van der Waals surface area contributed by atoms with Gasteiger partial charge in [0.15, 0.2) is 0 Å². The molecular weight excluding hydrogens is 348 g/mol. The van der Waals surface area contributed by atoms with Crippen LogP contribution in [-0.2, 0) is 6.42 Å². The van der Waals surface area contributed by atoms with Crippen molar-refractivity contribution in [2.24, 2.45) is 23.2 Å². The third kappa shape index (κ3) is 5.56. The van der Waals surface area contributed by atoms with Crippen molar-refractivity contribution in [3.05, 3.63) is 48.0 Å². The molecule has 0 heterocycles. The van der Waals surface area contributed by atoms with E-state index in [0.29, 0.717) is 5.41 Å². The van der Waals surface area contributed by atoms with E-state index < -0.39 is 0 Å². The van der Waals surface area contributed by atoms with E-state index in [0.717, 1.165) is 23.7 Å². The standard InChI is InChI=1S/C21H30.C4H10.C2H4.2CH4/c1-4-16-7-10-20-19-9-6-15-13-14(2)5-8-17(15)18(19)11-12-21(16,20)3;1-3-4-2;1-2;;/h5,8,13,16,18-20H,4,6-7,9-12H2,1-3H3;3-4H2,1-2H3;1-2H2;2*1H4. The highest BCUT2D eigenvalue weighted by Crippen LogP contribution is 2.63. The Kier molecular flexibility index (Phi) is 12.2. The summed E-state index contributed by atoms with van der Waals surface area (Å²) in [5, 5.41) is 0. The van der Waals surface area contributed by atoms with Crippen LogP contribution in [-0.4, -0.2) is 0 Å². The normalized spacial score (nSPS) is 31.1. The van der Waals surface area contributed by atoms with Crippen LogP contribution in [0.2, 0.25) is 0 Å².